The summed E-state index contributed by atoms with van der Waals surface area (Å²) in [6, 6.07) is 16.2. The minimum absolute atomic E-state index is 0.160. The van der Waals surface area contributed by atoms with Gasteiger partial charge in [0.15, 0.2) is 0 Å². The second kappa shape index (κ2) is 18.4. The average molecular weight is 571 g/mol. The number of carboxylic acids is 2. The Morgan fingerprint density at radius 3 is 2.12 bits per heavy atom. The van der Waals surface area contributed by atoms with E-state index in [1.807, 2.05) is 42.5 Å². The van der Waals surface area contributed by atoms with E-state index in [-0.39, 0.29) is 11.8 Å². The number of carboxylic acid groups (broad SMARTS) is 2. The minimum atomic E-state index is -1.82. The SMILES string of the molecule is CCCCNC(=O)C(Cc1ccc(OCCCN2CCN(C)CC2)cc1)NC(=O)c1ccccc1.O=C(O)C(=O)O. The lowest BCUT2D eigenvalue weighted by Gasteiger charge is -2.32. The van der Waals surface area contributed by atoms with Gasteiger partial charge >= 0.3 is 11.9 Å². The summed E-state index contributed by atoms with van der Waals surface area (Å²) in [7, 11) is 2.17. The number of nitrogens with one attached hydrogen (secondary N) is 2. The van der Waals surface area contributed by atoms with Crippen LogP contribution in [-0.4, -0.2) is 103 Å². The van der Waals surface area contributed by atoms with E-state index in [2.05, 4.69) is 34.4 Å². The number of nitrogens with zero attached hydrogens (tertiary/aromatic N) is 2. The van der Waals surface area contributed by atoms with Gasteiger partial charge in [-0.3, -0.25) is 9.59 Å². The summed E-state index contributed by atoms with van der Waals surface area (Å²) in [6.45, 7) is 8.93. The summed E-state index contributed by atoms with van der Waals surface area (Å²) in [5.41, 5.74) is 1.51. The summed E-state index contributed by atoms with van der Waals surface area (Å²) in [5.74, 6) is -3.23. The van der Waals surface area contributed by atoms with Gasteiger partial charge in [0, 0.05) is 51.3 Å². The summed E-state index contributed by atoms with van der Waals surface area (Å²) < 4.78 is 5.93. The number of likely N-dealkylation sites (N-methyl/N-ethyl adjacent to an activating group) is 1. The highest BCUT2D eigenvalue weighted by molar-refractivity contribution is 6.27. The van der Waals surface area contributed by atoms with E-state index in [1.54, 1.807) is 12.1 Å². The third kappa shape index (κ3) is 13.3. The van der Waals surface area contributed by atoms with E-state index in [0.29, 0.717) is 25.1 Å². The number of amides is 2. The predicted molar refractivity (Wildman–Crippen MR) is 155 cm³/mol. The molecular formula is C30H42N4O7. The lowest BCUT2D eigenvalue weighted by Crippen LogP contribution is -2.48. The molecule has 2 aromatic rings. The van der Waals surface area contributed by atoms with Gasteiger partial charge in [0.05, 0.1) is 6.61 Å². The maximum atomic E-state index is 12.8. The topological polar surface area (TPSA) is 149 Å². The van der Waals surface area contributed by atoms with E-state index in [9.17, 15) is 9.59 Å². The zero-order valence-corrected chi connectivity index (χ0v) is 23.9. The first kappa shape index (κ1) is 33.2. The number of aliphatic carboxylic acids is 2. The fourth-order valence-corrected chi connectivity index (χ4v) is 4.06. The van der Waals surface area contributed by atoms with Crippen molar-refractivity contribution in [3.63, 3.8) is 0 Å². The van der Waals surface area contributed by atoms with Crippen molar-refractivity contribution in [1.29, 1.82) is 0 Å². The quantitative estimate of drug-likeness (QED) is 0.210. The van der Waals surface area contributed by atoms with Gasteiger partial charge in [-0.15, -0.1) is 0 Å². The molecule has 3 rings (SSSR count). The molecule has 4 N–H and O–H groups in total. The second-order valence-electron chi connectivity index (χ2n) is 9.84. The van der Waals surface area contributed by atoms with Gasteiger partial charge in [-0.1, -0.05) is 43.7 Å². The van der Waals surface area contributed by atoms with E-state index in [4.69, 9.17) is 24.5 Å². The molecule has 0 aromatic heterocycles. The molecule has 41 heavy (non-hydrogen) atoms. The Labute approximate surface area is 241 Å². The van der Waals surface area contributed by atoms with Crippen molar-refractivity contribution < 1.29 is 34.1 Å². The van der Waals surface area contributed by atoms with Gasteiger partial charge in [-0.2, -0.15) is 0 Å². The van der Waals surface area contributed by atoms with Gasteiger partial charge in [0.2, 0.25) is 5.91 Å². The Balaban J connectivity index is 0.000000883. The third-order valence-electron chi connectivity index (χ3n) is 6.52. The number of ether oxygens (including phenoxy) is 1. The van der Waals surface area contributed by atoms with Crippen LogP contribution in [0.25, 0.3) is 0 Å². The first-order valence-electron chi connectivity index (χ1n) is 13.9. The predicted octanol–water partition coefficient (Wildman–Crippen LogP) is 2.12. The highest BCUT2D eigenvalue weighted by atomic mass is 16.5. The van der Waals surface area contributed by atoms with Crippen LogP contribution < -0.4 is 15.4 Å². The number of piperazine rings is 1. The maximum Gasteiger partial charge on any atom is 0.414 e. The Hall–Kier alpha value is -3.96. The number of carbonyl (C=O) groups is 4. The normalized spacial score (nSPS) is 14.2. The molecular weight excluding hydrogens is 528 g/mol. The number of benzene rings is 2. The maximum absolute atomic E-state index is 12.8. The lowest BCUT2D eigenvalue weighted by atomic mass is 10.0. The van der Waals surface area contributed by atoms with Gasteiger partial charge in [0.1, 0.15) is 11.8 Å². The van der Waals surface area contributed by atoms with Gasteiger partial charge in [-0.25, -0.2) is 9.59 Å². The number of rotatable bonds is 13. The summed E-state index contributed by atoms with van der Waals surface area (Å²) in [4.78, 5) is 48.6. The van der Waals surface area contributed by atoms with Crippen LogP contribution in [0.15, 0.2) is 54.6 Å². The van der Waals surface area contributed by atoms with Crippen LogP contribution in [0.1, 0.15) is 42.1 Å². The fraction of sp³-hybridized carbons (Fsp3) is 0.467. The smallest absolute Gasteiger partial charge is 0.414 e. The van der Waals surface area contributed by atoms with Crippen LogP contribution in [-0.2, 0) is 20.8 Å². The van der Waals surface area contributed by atoms with Crippen LogP contribution in [0.2, 0.25) is 0 Å². The van der Waals surface area contributed by atoms with Crippen molar-refractivity contribution in [2.24, 2.45) is 0 Å². The average Bonchev–Trinajstić information content (AvgIpc) is 2.97. The largest absolute Gasteiger partial charge is 0.494 e. The zero-order chi connectivity index (χ0) is 30.0. The molecule has 0 saturated carbocycles. The molecule has 0 spiro atoms. The van der Waals surface area contributed by atoms with Crippen LogP contribution in [0, 0.1) is 0 Å². The number of carbonyl (C=O) groups excluding carboxylic acids is 2. The Morgan fingerprint density at radius 2 is 1.54 bits per heavy atom. The van der Waals surface area contributed by atoms with Crippen molar-refractivity contribution in [3.05, 3.63) is 65.7 Å². The molecule has 0 bridgehead atoms. The Morgan fingerprint density at radius 1 is 0.902 bits per heavy atom. The zero-order valence-electron chi connectivity index (χ0n) is 23.9. The molecule has 2 aromatic carbocycles. The summed E-state index contributed by atoms with van der Waals surface area (Å²) in [6.07, 6.45) is 3.32. The monoisotopic (exact) mass is 570 g/mol. The summed E-state index contributed by atoms with van der Waals surface area (Å²) in [5, 5.41) is 20.6. The van der Waals surface area contributed by atoms with Crippen LogP contribution in [0.3, 0.4) is 0 Å². The van der Waals surface area contributed by atoms with E-state index in [1.165, 1.54) is 0 Å². The highest BCUT2D eigenvalue weighted by Crippen LogP contribution is 2.15. The lowest BCUT2D eigenvalue weighted by molar-refractivity contribution is -0.159. The van der Waals surface area contributed by atoms with Crippen LogP contribution in [0.4, 0.5) is 0 Å². The molecule has 1 aliphatic heterocycles. The molecule has 1 fully saturated rings. The standard InChI is InChI=1S/C28H40N4O3.C2H2O4/c1-3-4-15-29-28(34)26(30-27(33)24-9-6-5-7-10-24)22-23-11-13-25(14-12-23)35-21-8-16-32-19-17-31(2)18-20-32;3-1(4)2(5)6/h5-7,9-14,26H,3-4,8,15-22H2,1-2H3,(H,29,34)(H,30,33);(H,3,4)(H,5,6). The molecule has 1 atom stereocenters. The number of hydrogen-bond donors (Lipinski definition) is 4. The molecule has 0 radical (unpaired) electrons. The van der Waals surface area contributed by atoms with Crippen LogP contribution in [0.5, 0.6) is 5.75 Å². The van der Waals surface area contributed by atoms with Crippen LogP contribution >= 0.6 is 0 Å². The molecule has 0 aliphatic carbocycles. The van der Waals surface area contributed by atoms with Crippen molar-refractivity contribution in [2.45, 2.75) is 38.6 Å². The molecule has 1 saturated heterocycles. The number of unbranched alkanes of at least 4 members (excludes halogenated alkanes) is 1. The van der Waals surface area contributed by atoms with Crippen molar-refractivity contribution in [2.75, 3.05) is 52.9 Å². The number of hydrogen-bond acceptors (Lipinski definition) is 7. The second-order valence-corrected chi connectivity index (χ2v) is 9.84. The van der Waals surface area contributed by atoms with Gasteiger partial charge < -0.3 is 35.4 Å². The molecule has 1 aliphatic rings. The molecule has 11 heteroatoms. The van der Waals surface area contributed by atoms with Crippen molar-refractivity contribution in [3.8, 4) is 5.75 Å². The van der Waals surface area contributed by atoms with Gasteiger partial charge in [0.25, 0.3) is 5.91 Å². The van der Waals surface area contributed by atoms with E-state index >= 15 is 0 Å². The first-order chi connectivity index (χ1) is 19.7. The minimum Gasteiger partial charge on any atom is -0.494 e. The van der Waals surface area contributed by atoms with Crippen molar-refractivity contribution >= 4 is 23.8 Å². The highest BCUT2D eigenvalue weighted by Gasteiger charge is 2.22. The van der Waals surface area contributed by atoms with Gasteiger partial charge in [-0.05, 0) is 49.7 Å². The molecule has 11 nitrogen and oxygen atoms in total. The Bertz CT molecular complexity index is 1080. The van der Waals surface area contributed by atoms with Crippen molar-refractivity contribution in [1.82, 2.24) is 20.4 Å². The molecule has 2 amide bonds. The molecule has 224 valence electrons. The molecule has 1 heterocycles. The third-order valence-corrected chi connectivity index (χ3v) is 6.52. The summed E-state index contributed by atoms with van der Waals surface area (Å²) >= 11 is 0. The Kier molecular flexibility index (Phi) is 14.9. The fourth-order valence-electron chi connectivity index (χ4n) is 4.06. The van der Waals surface area contributed by atoms with E-state index < -0.39 is 18.0 Å². The van der Waals surface area contributed by atoms with E-state index in [0.717, 1.165) is 63.3 Å². The molecule has 1 unspecified atom stereocenters. The first-order valence-corrected chi connectivity index (χ1v) is 13.9.